The van der Waals surface area contributed by atoms with E-state index in [9.17, 15) is 4.79 Å². The van der Waals surface area contributed by atoms with Crippen LogP contribution in [0.1, 0.15) is 32.6 Å². The highest BCUT2D eigenvalue weighted by molar-refractivity contribution is 5.81. The van der Waals surface area contributed by atoms with E-state index < -0.39 is 0 Å². The minimum absolute atomic E-state index is 0.0672. The van der Waals surface area contributed by atoms with Gasteiger partial charge < -0.3 is 20.1 Å². The van der Waals surface area contributed by atoms with Crippen LogP contribution in [-0.4, -0.2) is 51.0 Å². The third-order valence-electron chi connectivity index (χ3n) is 3.90. The number of amides is 1. The van der Waals surface area contributed by atoms with E-state index in [2.05, 4.69) is 10.6 Å². The zero-order valence-electron chi connectivity index (χ0n) is 12.0. The van der Waals surface area contributed by atoms with Crippen LogP contribution in [0.2, 0.25) is 0 Å². The molecule has 1 aliphatic heterocycles. The molecule has 0 bridgehead atoms. The minimum Gasteiger partial charge on any atom is -0.385 e. The first kappa shape index (κ1) is 14.8. The van der Waals surface area contributed by atoms with E-state index in [4.69, 9.17) is 9.47 Å². The summed E-state index contributed by atoms with van der Waals surface area (Å²) in [5.41, 5.74) is 0. The van der Waals surface area contributed by atoms with Crippen molar-refractivity contribution in [1.82, 2.24) is 10.6 Å². The van der Waals surface area contributed by atoms with Gasteiger partial charge in [0.25, 0.3) is 0 Å². The van der Waals surface area contributed by atoms with Gasteiger partial charge in [-0.2, -0.15) is 0 Å². The first-order chi connectivity index (χ1) is 9.22. The lowest BCUT2D eigenvalue weighted by molar-refractivity contribution is -0.123. The molecule has 19 heavy (non-hydrogen) atoms. The lowest BCUT2D eigenvalue weighted by atomic mass is 10.1. The molecule has 110 valence electrons. The van der Waals surface area contributed by atoms with E-state index in [1.54, 1.807) is 7.11 Å². The molecule has 3 atom stereocenters. The molecule has 1 amide bonds. The van der Waals surface area contributed by atoms with Gasteiger partial charge in [0, 0.05) is 32.9 Å². The second kappa shape index (κ2) is 7.22. The summed E-state index contributed by atoms with van der Waals surface area (Å²) in [7, 11) is 1.67. The van der Waals surface area contributed by atoms with E-state index in [0.717, 1.165) is 25.4 Å². The van der Waals surface area contributed by atoms with Crippen LogP contribution >= 0.6 is 0 Å². The average Bonchev–Trinajstić information content (AvgIpc) is 3.15. The standard InChI is InChI=1S/C14H26N2O3/c1-10(14(17)15-7-3-8-18-2)16-12-6-9-19-13(12)11-4-5-11/h10-13,16H,3-9H2,1-2H3,(H,15,17). The number of hydrogen-bond donors (Lipinski definition) is 2. The minimum atomic E-state index is -0.157. The molecule has 5 nitrogen and oxygen atoms in total. The number of hydrogen-bond acceptors (Lipinski definition) is 4. The fraction of sp³-hybridized carbons (Fsp3) is 0.929. The molecule has 2 aliphatic rings. The van der Waals surface area contributed by atoms with Crippen LogP contribution in [0.3, 0.4) is 0 Å². The van der Waals surface area contributed by atoms with Crippen LogP contribution in [0.15, 0.2) is 0 Å². The first-order valence-electron chi connectivity index (χ1n) is 7.36. The molecule has 1 aliphatic carbocycles. The summed E-state index contributed by atoms with van der Waals surface area (Å²) < 4.78 is 10.7. The van der Waals surface area contributed by atoms with Crippen molar-refractivity contribution in [1.29, 1.82) is 0 Å². The summed E-state index contributed by atoms with van der Waals surface area (Å²) in [4.78, 5) is 11.9. The monoisotopic (exact) mass is 270 g/mol. The van der Waals surface area contributed by atoms with Crippen molar-refractivity contribution < 1.29 is 14.3 Å². The zero-order valence-corrected chi connectivity index (χ0v) is 12.0. The predicted octanol–water partition coefficient (Wildman–Crippen LogP) is 0.685. The summed E-state index contributed by atoms with van der Waals surface area (Å²) in [5.74, 6) is 0.787. The number of rotatable bonds is 8. The SMILES string of the molecule is COCCCNC(=O)C(C)NC1CCOC1C1CC1. The van der Waals surface area contributed by atoms with Gasteiger partial charge in [0.05, 0.1) is 12.1 Å². The molecule has 0 aromatic carbocycles. The fourth-order valence-corrected chi connectivity index (χ4v) is 2.66. The number of carbonyl (C=O) groups excluding carboxylic acids is 1. The highest BCUT2D eigenvalue weighted by atomic mass is 16.5. The fourth-order valence-electron chi connectivity index (χ4n) is 2.66. The molecule has 0 aromatic rings. The lowest BCUT2D eigenvalue weighted by Gasteiger charge is -2.23. The Balaban J connectivity index is 1.67. The largest absolute Gasteiger partial charge is 0.385 e. The van der Waals surface area contributed by atoms with Gasteiger partial charge in [-0.05, 0) is 38.5 Å². The van der Waals surface area contributed by atoms with Crippen molar-refractivity contribution >= 4 is 5.91 Å². The van der Waals surface area contributed by atoms with Crippen LogP contribution in [0.5, 0.6) is 0 Å². The van der Waals surface area contributed by atoms with Crippen LogP contribution < -0.4 is 10.6 Å². The third kappa shape index (κ3) is 4.44. The Bertz CT molecular complexity index is 294. The van der Waals surface area contributed by atoms with Gasteiger partial charge in [-0.3, -0.25) is 4.79 Å². The molecule has 1 heterocycles. The number of nitrogens with one attached hydrogen (secondary N) is 2. The van der Waals surface area contributed by atoms with Gasteiger partial charge in [0.2, 0.25) is 5.91 Å². The number of carbonyl (C=O) groups is 1. The van der Waals surface area contributed by atoms with Crippen molar-refractivity contribution in [2.75, 3.05) is 26.9 Å². The Morgan fingerprint density at radius 2 is 2.21 bits per heavy atom. The molecular weight excluding hydrogens is 244 g/mol. The van der Waals surface area contributed by atoms with Crippen molar-refractivity contribution in [3.63, 3.8) is 0 Å². The lowest BCUT2D eigenvalue weighted by Crippen LogP contribution is -2.49. The Labute approximate surface area is 115 Å². The van der Waals surface area contributed by atoms with Crippen LogP contribution in [0.4, 0.5) is 0 Å². The van der Waals surface area contributed by atoms with Crippen LogP contribution in [-0.2, 0) is 14.3 Å². The highest BCUT2D eigenvalue weighted by Gasteiger charge is 2.41. The molecule has 2 N–H and O–H groups in total. The molecule has 3 unspecified atom stereocenters. The first-order valence-corrected chi connectivity index (χ1v) is 7.36. The topological polar surface area (TPSA) is 59.6 Å². The molecule has 1 saturated carbocycles. The van der Waals surface area contributed by atoms with Crippen molar-refractivity contribution in [2.45, 2.75) is 50.8 Å². The quantitative estimate of drug-likeness (QED) is 0.637. The molecule has 0 aromatic heterocycles. The van der Waals surface area contributed by atoms with Gasteiger partial charge in [-0.15, -0.1) is 0 Å². The maximum Gasteiger partial charge on any atom is 0.236 e. The maximum absolute atomic E-state index is 11.9. The summed E-state index contributed by atoms with van der Waals surface area (Å²) in [5, 5.41) is 6.35. The predicted molar refractivity (Wildman–Crippen MR) is 73.0 cm³/mol. The van der Waals surface area contributed by atoms with E-state index in [1.807, 2.05) is 6.92 Å². The van der Waals surface area contributed by atoms with Crippen molar-refractivity contribution in [3.05, 3.63) is 0 Å². The van der Waals surface area contributed by atoms with E-state index in [0.29, 0.717) is 25.3 Å². The smallest absolute Gasteiger partial charge is 0.236 e. The third-order valence-corrected chi connectivity index (χ3v) is 3.90. The second-order valence-corrected chi connectivity index (χ2v) is 5.59. The van der Waals surface area contributed by atoms with Gasteiger partial charge in [-0.1, -0.05) is 0 Å². The normalized spacial score (nSPS) is 28.3. The van der Waals surface area contributed by atoms with Gasteiger partial charge in [0.15, 0.2) is 0 Å². The zero-order chi connectivity index (χ0) is 13.7. The van der Waals surface area contributed by atoms with E-state index >= 15 is 0 Å². The average molecular weight is 270 g/mol. The van der Waals surface area contributed by atoms with Gasteiger partial charge >= 0.3 is 0 Å². The summed E-state index contributed by atoms with van der Waals surface area (Å²) in [6.45, 7) is 4.10. The molecule has 2 fully saturated rings. The molecule has 5 heteroatoms. The number of ether oxygens (including phenoxy) is 2. The van der Waals surface area contributed by atoms with Crippen LogP contribution in [0, 0.1) is 5.92 Å². The van der Waals surface area contributed by atoms with Crippen molar-refractivity contribution in [3.8, 4) is 0 Å². The number of methoxy groups -OCH3 is 1. The molecular formula is C14H26N2O3. The molecule has 2 rings (SSSR count). The van der Waals surface area contributed by atoms with Crippen LogP contribution in [0.25, 0.3) is 0 Å². The summed E-state index contributed by atoms with van der Waals surface area (Å²) in [6, 6.07) is 0.183. The summed E-state index contributed by atoms with van der Waals surface area (Å²) >= 11 is 0. The van der Waals surface area contributed by atoms with E-state index in [1.165, 1.54) is 12.8 Å². The Kier molecular flexibility index (Phi) is 5.60. The van der Waals surface area contributed by atoms with E-state index in [-0.39, 0.29) is 11.9 Å². The van der Waals surface area contributed by atoms with Gasteiger partial charge in [-0.25, -0.2) is 0 Å². The highest BCUT2D eigenvalue weighted by Crippen LogP contribution is 2.38. The Morgan fingerprint density at radius 1 is 1.42 bits per heavy atom. The Hall–Kier alpha value is -0.650. The maximum atomic E-state index is 11.9. The molecule has 0 radical (unpaired) electrons. The molecule has 1 saturated heterocycles. The van der Waals surface area contributed by atoms with Gasteiger partial charge in [0.1, 0.15) is 0 Å². The Morgan fingerprint density at radius 3 is 2.89 bits per heavy atom. The van der Waals surface area contributed by atoms with Crippen molar-refractivity contribution in [2.24, 2.45) is 5.92 Å². The molecule has 0 spiro atoms. The summed E-state index contributed by atoms with van der Waals surface area (Å²) in [6.07, 6.45) is 4.75. The second-order valence-electron chi connectivity index (χ2n) is 5.59.